The molecule has 0 saturated carbocycles. The molecule has 0 unspecified atom stereocenters. The van der Waals surface area contributed by atoms with Gasteiger partial charge in [0.2, 0.25) is 0 Å². The van der Waals surface area contributed by atoms with Crippen LogP contribution in [-0.2, 0) is 12.0 Å². The maximum absolute atomic E-state index is 9.49. The van der Waals surface area contributed by atoms with E-state index in [1.165, 1.54) is 5.56 Å². The SMILES string of the molecule is CC(C)(C)c1ccc(Oc2cccc(CNc3ccc(O)c(Cl)c3)c2)cc1. The smallest absolute Gasteiger partial charge is 0.134 e. The molecule has 3 nitrogen and oxygen atoms in total. The zero-order valence-electron chi connectivity index (χ0n) is 15.8. The number of ether oxygens (including phenoxy) is 1. The van der Waals surface area contributed by atoms with E-state index >= 15 is 0 Å². The van der Waals surface area contributed by atoms with Crippen molar-refractivity contribution >= 4 is 17.3 Å². The van der Waals surface area contributed by atoms with E-state index in [9.17, 15) is 5.11 Å². The number of benzene rings is 3. The highest BCUT2D eigenvalue weighted by Crippen LogP contribution is 2.28. The van der Waals surface area contributed by atoms with Crippen molar-refractivity contribution in [2.45, 2.75) is 32.7 Å². The van der Waals surface area contributed by atoms with Gasteiger partial charge in [0, 0.05) is 12.2 Å². The number of hydrogen-bond acceptors (Lipinski definition) is 3. The Hall–Kier alpha value is -2.65. The second-order valence-corrected chi connectivity index (χ2v) is 7.95. The summed E-state index contributed by atoms with van der Waals surface area (Å²) in [6.45, 7) is 7.21. The number of phenolic OH excluding ortho intramolecular Hbond substituents is 1. The van der Waals surface area contributed by atoms with Gasteiger partial charge in [0.05, 0.1) is 5.02 Å². The van der Waals surface area contributed by atoms with Gasteiger partial charge in [-0.25, -0.2) is 0 Å². The van der Waals surface area contributed by atoms with Gasteiger partial charge in [-0.3, -0.25) is 0 Å². The molecule has 0 spiro atoms. The quantitative estimate of drug-likeness (QED) is 0.480. The topological polar surface area (TPSA) is 41.5 Å². The molecule has 0 atom stereocenters. The Labute approximate surface area is 165 Å². The summed E-state index contributed by atoms with van der Waals surface area (Å²) in [6, 6.07) is 21.2. The van der Waals surface area contributed by atoms with Crippen molar-refractivity contribution in [3.63, 3.8) is 0 Å². The maximum atomic E-state index is 9.49. The molecule has 0 heterocycles. The van der Waals surface area contributed by atoms with Gasteiger partial charge in [-0.05, 0) is 59.0 Å². The Morgan fingerprint density at radius 1 is 0.926 bits per heavy atom. The summed E-state index contributed by atoms with van der Waals surface area (Å²) in [5.41, 5.74) is 3.34. The van der Waals surface area contributed by atoms with Gasteiger partial charge in [-0.15, -0.1) is 0 Å². The Morgan fingerprint density at radius 2 is 1.67 bits per heavy atom. The van der Waals surface area contributed by atoms with Crippen molar-refractivity contribution in [3.05, 3.63) is 82.9 Å². The van der Waals surface area contributed by atoms with E-state index in [0.29, 0.717) is 11.6 Å². The van der Waals surface area contributed by atoms with E-state index in [1.54, 1.807) is 18.2 Å². The predicted octanol–water partition coefficient (Wildman–Crippen LogP) is 6.75. The van der Waals surface area contributed by atoms with E-state index in [2.05, 4.69) is 38.2 Å². The van der Waals surface area contributed by atoms with Gasteiger partial charge in [0.25, 0.3) is 0 Å². The molecule has 140 valence electrons. The normalized spacial score (nSPS) is 11.3. The van der Waals surface area contributed by atoms with Crippen LogP contribution in [0.2, 0.25) is 5.02 Å². The van der Waals surface area contributed by atoms with Gasteiger partial charge >= 0.3 is 0 Å². The summed E-state index contributed by atoms with van der Waals surface area (Å²) in [5, 5.41) is 13.1. The highest BCUT2D eigenvalue weighted by atomic mass is 35.5. The molecule has 3 aromatic rings. The third-order valence-electron chi connectivity index (χ3n) is 4.30. The number of halogens is 1. The first-order valence-corrected chi connectivity index (χ1v) is 9.29. The minimum atomic E-state index is 0.0788. The standard InChI is InChI=1S/C23H24ClNO2/c1-23(2,3)17-7-10-19(11-8-17)27-20-6-4-5-16(13-20)15-25-18-9-12-22(26)21(24)14-18/h4-14,25-26H,15H2,1-3H3. The third kappa shape index (κ3) is 5.18. The number of phenols is 1. The summed E-state index contributed by atoms with van der Waals surface area (Å²) < 4.78 is 5.99. The van der Waals surface area contributed by atoms with E-state index in [0.717, 1.165) is 22.7 Å². The van der Waals surface area contributed by atoms with E-state index in [1.807, 2.05) is 36.4 Å². The highest BCUT2D eigenvalue weighted by molar-refractivity contribution is 6.32. The van der Waals surface area contributed by atoms with Crippen LogP contribution in [0.25, 0.3) is 0 Å². The summed E-state index contributed by atoms with van der Waals surface area (Å²) in [7, 11) is 0. The zero-order chi connectivity index (χ0) is 19.4. The molecule has 0 bridgehead atoms. The van der Waals surface area contributed by atoms with Gasteiger partial charge < -0.3 is 15.2 Å². The van der Waals surface area contributed by atoms with Crippen molar-refractivity contribution < 1.29 is 9.84 Å². The summed E-state index contributed by atoms with van der Waals surface area (Å²) in [5.74, 6) is 1.69. The maximum Gasteiger partial charge on any atom is 0.134 e. The van der Waals surface area contributed by atoms with Crippen molar-refractivity contribution in [3.8, 4) is 17.2 Å². The van der Waals surface area contributed by atoms with Gasteiger partial charge in [-0.1, -0.05) is 56.6 Å². The van der Waals surface area contributed by atoms with Crippen LogP contribution in [0.1, 0.15) is 31.9 Å². The van der Waals surface area contributed by atoms with E-state index < -0.39 is 0 Å². The van der Waals surface area contributed by atoms with Gasteiger partial charge in [0.15, 0.2) is 0 Å². The Morgan fingerprint density at radius 3 is 2.33 bits per heavy atom. The van der Waals surface area contributed by atoms with Crippen LogP contribution in [0.15, 0.2) is 66.7 Å². The lowest BCUT2D eigenvalue weighted by atomic mass is 9.87. The summed E-state index contributed by atoms with van der Waals surface area (Å²) in [4.78, 5) is 0. The molecule has 0 radical (unpaired) electrons. The molecule has 27 heavy (non-hydrogen) atoms. The van der Waals surface area contributed by atoms with Crippen molar-refractivity contribution in [2.75, 3.05) is 5.32 Å². The lowest BCUT2D eigenvalue weighted by Gasteiger charge is -2.19. The molecule has 3 rings (SSSR count). The number of aromatic hydroxyl groups is 1. The van der Waals surface area contributed by atoms with Crippen LogP contribution < -0.4 is 10.1 Å². The summed E-state index contributed by atoms with van der Waals surface area (Å²) >= 11 is 5.94. The van der Waals surface area contributed by atoms with Gasteiger partial charge in [0.1, 0.15) is 17.2 Å². The highest BCUT2D eigenvalue weighted by Gasteiger charge is 2.13. The number of rotatable bonds is 5. The molecule has 4 heteroatoms. The minimum absolute atomic E-state index is 0.0788. The lowest BCUT2D eigenvalue weighted by Crippen LogP contribution is -2.10. The molecule has 0 aromatic heterocycles. The fraction of sp³-hybridized carbons (Fsp3) is 0.217. The molecular weight excluding hydrogens is 358 g/mol. The molecule has 0 aliphatic rings. The first-order chi connectivity index (χ1) is 12.8. The molecule has 0 amide bonds. The average molecular weight is 382 g/mol. The molecule has 0 aliphatic carbocycles. The van der Waals surface area contributed by atoms with Crippen molar-refractivity contribution in [2.24, 2.45) is 0 Å². The molecule has 0 fully saturated rings. The first-order valence-electron chi connectivity index (χ1n) is 8.91. The second-order valence-electron chi connectivity index (χ2n) is 7.54. The number of nitrogens with one attached hydrogen (secondary N) is 1. The summed E-state index contributed by atoms with van der Waals surface area (Å²) in [6.07, 6.45) is 0. The Bertz CT molecular complexity index is 914. The number of hydrogen-bond donors (Lipinski definition) is 2. The zero-order valence-corrected chi connectivity index (χ0v) is 16.5. The van der Waals surface area contributed by atoms with Crippen LogP contribution in [-0.4, -0.2) is 5.11 Å². The minimum Gasteiger partial charge on any atom is -0.506 e. The molecule has 0 aliphatic heterocycles. The van der Waals surface area contributed by atoms with Crippen molar-refractivity contribution in [1.82, 2.24) is 0 Å². The van der Waals surface area contributed by atoms with Crippen LogP contribution in [0, 0.1) is 0 Å². The Kier molecular flexibility index (Phi) is 5.62. The molecule has 2 N–H and O–H groups in total. The average Bonchev–Trinajstić information content (AvgIpc) is 2.63. The lowest BCUT2D eigenvalue weighted by molar-refractivity contribution is 0.475. The predicted molar refractivity (Wildman–Crippen MR) is 112 cm³/mol. The Balaban J connectivity index is 1.65. The monoisotopic (exact) mass is 381 g/mol. The van der Waals surface area contributed by atoms with E-state index in [-0.39, 0.29) is 11.2 Å². The fourth-order valence-corrected chi connectivity index (χ4v) is 2.88. The fourth-order valence-electron chi connectivity index (χ4n) is 2.70. The molecule has 0 saturated heterocycles. The van der Waals surface area contributed by atoms with Crippen molar-refractivity contribution in [1.29, 1.82) is 0 Å². The van der Waals surface area contributed by atoms with Crippen LogP contribution in [0.5, 0.6) is 17.2 Å². The van der Waals surface area contributed by atoms with Gasteiger partial charge in [-0.2, -0.15) is 0 Å². The first kappa shape index (κ1) is 19.1. The van der Waals surface area contributed by atoms with E-state index in [4.69, 9.17) is 16.3 Å². The molecular formula is C23H24ClNO2. The second kappa shape index (κ2) is 7.93. The number of anilines is 1. The molecule has 3 aromatic carbocycles. The van der Waals surface area contributed by atoms with Crippen LogP contribution in [0.4, 0.5) is 5.69 Å². The van der Waals surface area contributed by atoms with Crippen LogP contribution in [0.3, 0.4) is 0 Å². The largest absolute Gasteiger partial charge is 0.506 e. The third-order valence-corrected chi connectivity index (χ3v) is 4.60. The van der Waals surface area contributed by atoms with Crippen LogP contribution >= 0.6 is 11.6 Å².